The first kappa shape index (κ1) is 28.1. The number of piperazine rings is 1. The third-order valence-corrected chi connectivity index (χ3v) is 9.51. The lowest BCUT2D eigenvalue weighted by Gasteiger charge is -2.37. The van der Waals surface area contributed by atoms with E-state index in [0.717, 1.165) is 55.4 Å². The van der Waals surface area contributed by atoms with E-state index in [1.807, 2.05) is 40.5 Å². The lowest BCUT2D eigenvalue weighted by Crippen LogP contribution is -2.51. The summed E-state index contributed by atoms with van der Waals surface area (Å²) in [4.78, 5) is 32.6. The molecule has 4 heterocycles. The standard InChI is InChI=1S/C32H37ClN6OS/c1-22(2)34-18-27(24-8-10-25(33)11-9-24)32(40)39-16-14-38(15-17-39)30-29-26-12-13-37(19-23-6-4-3-5-7-23)20-28(26)41-31(29)36-21-35-30/h3-11,21-22,27,34H,12-20H2,1-2H3. The van der Waals surface area contributed by atoms with Crippen molar-refractivity contribution in [2.75, 3.05) is 44.2 Å². The molecule has 0 aliphatic carbocycles. The summed E-state index contributed by atoms with van der Waals surface area (Å²) in [7, 11) is 0. The van der Waals surface area contributed by atoms with Gasteiger partial charge >= 0.3 is 0 Å². The Bertz CT molecular complexity index is 1480. The van der Waals surface area contributed by atoms with Crippen LogP contribution in [0.5, 0.6) is 0 Å². The molecule has 1 N–H and O–H groups in total. The smallest absolute Gasteiger partial charge is 0.231 e. The summed E-state index contributed by atoms with van der Waals surface area (Å²) < 4.78 is 0. The number of rotatable bonds is 8. The van der Waals surface area contributed by atoms with E-state index in [0.29, 0.717) is 30.7 Å². The number of nitrogens with one attached hydrogen (secondary N) is 1. The molecule has 1 atom stereocenters. The first-order valence-electron chi connectivity index (χ1n) is 14.5. The molecule has 2 aliphatic heterocycles. The largest absolute Gasteiger partial charge is 0.352 e. The van der Waals surface area contributed by atoms with Gasteiger partial charge < -0.3 is 15.1 Å². The van der Waals surface area contributed by atoms with E-state index in [1.54, 1.807) is 6.33 Å². The third kappa shape index (κ3) is 6.26. The number of thiophene rings is 1. The van der Waals surface area contributed by atoms with Gasteiger partial charge in [0.15, 0.2) is 0 Å². The zero-order valence-corrected chi connectivity index (χ0v) is 25.3. The van der Waals surface area contributed by atoms with Gasteiger partial charge in [-0.15, -0.1) is 11.3 Å². The fourth-order valence-corrected chi connectivity index (χ4v) is 7.29. The Kier molecular flexibility index (Phi) is 8.53. The molecule has 2 aliphatic rings. The van der Waals surface area contributed by atoms with Crippen molar-refractivity contribution in [2.45, 2.75) is 45.3 Å². The predicted molar refractivity (Wildman–Crippen MR) is 168 cm³/mol. The molecule has 0 radical (unpaired) electrons. The fourth-order valence-electron chi connectivity index (χ4n) is 5.94. The van der Waals surface area contributed by atoms with E-state index in [9.17, 15) is 4.79 Å². The van der Waals surface area contributed by atoms with Crippen LogP contribution in [0.2, 0.25) is 5.02 Å². The number of anilines is 1. The quantitative estimate of drug-likeness (QED) is 0.300. The topological polar surface area (TPSA) is 64.6 Å². The molecule has 0 bridgehead atoms. The Hall–Kier alpha value is -3.04. The Balaban J connectivity index is 1.16. The highest BCUT2D eigenvalue weighted by molar-refractivity contribution is 7.19. The van der Waals surface area contributed by atoms with Gasteiger partial charge in [0.05, 0.1) is 11.3 Å². The van der Waals surface area contributed by atoms with E-state index in [4.69, 9.17) is 16.6 Å². The third-order valence-electron chi connectivity index (χ3n) is 8.14. The van der Waals surface area contributed by atoms with Crippen molar-refractivity contribution in [3.05, 3.63) is 87.5 Å². The minimum atomic E-state index is -0.241. The van der Waals surface area contributed by atoms with Gasteiger partial charge in [0.1, 0.15) is 17.0 Å². The highest BCUT2D eigenvalue weighted by Crippen LogP contribution is 2.39. The van der Waals surface area contributed by atoms with Crippen LogP contribution >= 0.6 is 22.9 Å². The molecule has 214 valence electrons. The molecule has 4 aromatic rings. The van der Waals surface area contributed by atoms with Crippen molar-refractivity contribution in [3.8, 4) is 0 Å². The Morgan fingerprint density at radius 1 is 1.00 bits per heavy atom. The molecular weight excluding hydrogens is 552 g/mol. The van der Waals surface area contributed by atoms with E-state index < -0.39 is 0 Å². The van der Waals surface area contributed by atoms with Gasteiger partial charge in [0, 0.05) is 68.3 Å². The number of halogens is 1. The SMILES string of the molecule is CC(C)NCC(C(=O)N1CCN(c2ncnc3sc4c(c23)CCN(Cc2ccccc2)C4)CC1)c1ccc(Cl)cc1. The Morgan fingerprint density at radius 2 is 1.76 bits per heavy atom. The van der Waals surface area contributed by atoms with Crippen molar-refractivity contribution in [2.24, 2.45) is 0 Å². The minimum absolute atomic E-state index is 0.166. The van der Waals surface area contributed by atoms with Gasteiger partial charge in [-0.1, -0.05) is 67.9 Å². The molecule has 2 aromatic heterocycles. The number of hydrogen-bond donors (Lipinski definition) is 1. The van der Waals surface area contributed by atoms with Crippen molar-refractivity contribution >= 4 is 44.9 Å². The molecule has 1 amide bonds. The van der Waals surface area contributed by atoms with Crippen LogP contribution in [0.3, 0.4) is 0 Å². The van der Waals surface area contributed by atoms with Gasteiger partial charge in [0.2, 0.25) is 5.91 Å². The van der Waals surface area contributed by atoms with E-state index in [1.165, 1.54) is 21.4 Å². The van der Waals surface area contributed by atoms with E-state index >= 15 is 0 Å². The highest BCUT2D eigenvalue weighted by Gasteiger charge is 2.31. The molecule has 9 heteroatoms. The maximum absolute atomic E-state index is 13.8. The normalized spacial score (nSPS) is 16.8. The van der Waals surface area contributed by atoms with Crippen LogP contribution in [0.15, 0.2) is 60.9 Å². The molecule has 0 spiro atoms. The monoisotopic (exact) mass is 588 g/mol. The second kappa shape index (κ2) is 12.4. The average molecular weight is 589 g/mol. The van der Waals surface area contributed by atoms with Gasteiger partial charge in [-0.25, -0.2) is 9.97 Å². The second-order valence-electron chi connectivity index (χ2n) is 11.3. The van der Waals surface area contributed by atoms with Crippen molar-refractivity contribution < 1.29 is 4.79 Å². The average Bonchev–Trinajstić information content (AvgIpc) is 3.36. The predicted octanol–water partition coefficient (Wildman–Crippen LogP) is 5.33. The van der Waals surface area contributed by atoms with Crippen molar-refractivity contribution in [1.29, 1.82) is 0 Å². The Labute approximate surface area is 251 Å². The molecule has 41 heavy (non-hydrogen) atoms. The number of fused-ring (bicyclic) bond motifs is 3. The molecule has 6 rings (SSSR count). The van der Waals surface area contributed by atoms with Crippen LogP contribution in [0.4, 0.5) is 5.82 Å². The number of amides is 1. The van der Waals surface area contributed by atoms with Crippen LogP contribution in [0.1, 0.15) is 41.3 Å². The fraction of sp³-hybridized carbons (Fsp3) is 0.406. The van der Waals surface area contributed by atoms with Crippen molar-refractivity contribution in [1.82, 2.24) is 25.1 Å². The van der Waals surface area contributed by atoms with Crippen LogP contribution < -0.4 is 10.2 Å². The second-order valence-corrected chi connectivity index (χ2v) is 12.8. The first-order chi connectivity index (χ1) is 20.0. The van der Waals surface area contributed by atoms with Crippen LogP contribution in [-0.2, 0) is 24.3 Å². The van der Waals surface area contributed by atoms with Gasteiger partial charge in [-0.2, -0.15) is 0 Å². The molecule has 1 unspecified atom stereocenters. The summed E-state index contributed by atoms with van der Waals surface area (Å²) in [5, 5.41) is 5.36. The lowest BCUT2D eigenvalue weighted by molar-refractivity contribution is -0.133. The van der Waals surface area contributed by atoms with E-state index in [-0.39, 0.29) is 11.8 Å². The van der Waals surface area contributed by atoms with Crippen LogP contribution in [0.25, 0.3) is 10.2 Å². The number of carbonyl (C=O) groups excluding carboxylic acids is 1. The van der Waals surface area contributed by atoms with Crippen molar-refractivity contribution in [3.63, 3.8) is 0 Å². The minimum Gasteiger partial charge on any atom is -0.352 e. The van der Waals surface area contributed by atoms with Gasteiger partial charge in [-0.3, -0.25) is 9.69 Å². The maximum Gasteiger partial charge on any atom is 0.231 e. The zero-order chi connectivity index (χ0) is 28.3. The highest BCUT2D eigenvalue weighted by atomic mass is 35.5. The Morgan fingerprint density at radius 3 is 2.49 bits per heavy atom. The summed E-state index contributed by atoms with van der Waals surface area (Å²) in [6.07, 6.45) is 2.71. The summed E-state index contributed by atoms with van der Waals surface area (Å²) in [5.74, 6) is 0.945. The molecule has 2 aromatic carbocycles. The van der Waals surface area contributed by atoms with Gasteiger partial charge in [0.25, 0.3) is 0 Å². The molecule has 7 nitrogen and oxygen atoms in total. The summed E-state index contributed by atoms with van der Waals surface area (Å²) in [6, 6.07) is 18.7. The maximum atomic E-state index is 13.8. The zero-order valence-electron chi connectivity index (χ0n) is 23.7. The van der Waals surface area contributed by atoms with Crippen LogP contribution in [-0.4, -0.2) is 71.0 Å². The lowest BCUT2D eigenvalue weighted by atomic mass is 9.96. The number of hydrogen-bond acceptors (Lipinski definition) is 7. The number of aromatic nitrogens is 2. The number of carbonyl (C=O) groups is 1. The number of benzene rings is 2. The van der Waals surface area contributed by atoms with Crippen LogP contribution in [0, 0.1) is 0 Å². The molecular formula is C32H37ClN6OS. The summed E-state index contributed by atoms with van der Waals surface area (Å²) in [5.41, 5.74) is 3.76. The number of nitrogens with zero attached hydrogens (tertiary/aromatic N) is 5. The van der Waals surface area contributed by atoms with E-state index in [2.05, 4.69) is 64.3 Å². The molecule has 1 fully saturated rings. The molecule has 1 saturated heterocycles. The summed E-state index contributed by atoms with van der Waals surface area (Å²) >= 11 is 7.94. The first-order valence-corrected chi connectivity index (χ1v) is 15.7. The van der Waals surface area contributed by atoms with Gasteiger partial charge in [-0.05, 0) is 35.2 Å². The molecule has 0 saturated carbocycles. The summed E-state index contributed by atoms with van der Waals surface area (Å²) in [6.45, 7) is 10.6.